The number of likely N-dealkylation sites (tertiary alicyclic amines) is 1. The standard InChI is InChI=1S/C22H23ClN4O/c1-15-10-20-17(12-24-15)5-3-7-21(20)26-22(28)25-19-8-9-27(14-19)13-16-4-2-6-18(23)11-16/h2-7,10-12,19H,8-9,13-14H2,1H3,(H2,25,26,28). The molecule has 1 aromatic heterocycles. The van der Waals surface area contributed by atoms with Gasteiger partial charge in [0.05, 0.1) is 5.69 Å². The minimum Gasteiger partial charge on any atom is -0.334 e. The van der Waals surface area contributed by atoms with E-state index in [1.165, 1.54) is 5.56 Å². The second kappa shape index (κ2) is 8.17. The largest absolute Gasteiger partial charge is 0.334 e. The molecule has 4 rings (SSSR count). The number of amides is 2. The van der Waals surface area contributed by atoms with Crippen molar-refractivity contribution in [3.05, 3.63) is 71.0 Å². The van der Waals surface area contributed by atoms with Gasteiger partial charge in [-0.3, -0.25) is 9.88 Å². The summed E-state index contributed by atoms with van der Waals surface area (Å²) >= 11 is 6.07. The Balaban J connectivity index is 1.35. The number of aryl methyl sites for hydroxylation is 1. The number of carbonyl (C=O) groups excluding carboxylic acids is 1. The number of fused-ring (bicyclic) bond motifs is 1. The highest BCUT2D eigenvalue weighted by Crippen LogP contribution is 2.23. The van der Waals surface area contributed by atoms with E-state index >= 15 is 0 Å². The smallest absolute Gasteiger partial charge is 0.319 e. The van der Waals surface area contributed by atoms with E-state index in [1.807, 2.05) is 55.6 Å². The predicted octanol–water partition coefficient (Wildman–Crippen LogP) is 4.59. The van der Waals surface area contributed by atoms with Gasteiger partial charge < -0.3 is 10.6 Å². The van der Waals surface area contributed by atoms with Gasteiger partial charge in [-0.25, -0.2) is 4.79 Å². The summed E-state index contributed by atoms with van der Waals surface area (Å²) in [6.07, 6.45) is 2.77. The molecule has 144 valence electrons. The fraction of sp³-hybridized carbons (Fsp3) is 0.273. The van der Waals surface area contributed by atoms with Gasteiger partial charge in [0.15, 0.2) is 0 Å². The van der Waals surface area contributed by atoms with Crippen LogP contribution in [0, 0.1) is 6.92 Å². The lowest BCUT2D eigenvalue weighted by atomic mass is 10.1. The Morgan fingerprint density at radius 3 is 2.96 bits per heavy atom. The molecule has 1 aliphatic rings. The highest BCUT2D eigenvalue weighted by atomic mass is 35.5. The monoisotopic (exact) mass is 394 g/mol. The van der Waals surface area contributed by atoms with Gasteiger partial charge in [0, 0.05) is 53.4 Å². The van der Waals surface area contributed by atoms with Crippen molar-refractivity contribution in [2.75, 3.05) is 18.4 Å². The molecule has 0 aliphatic carbocycles. The zero-order valence-electron chi connectivity index (χ0n) is 15.8. The van der Waals surface area contributed by atoms with Crippen molar-refractivity contribution in [2.24, 2.45) is 0 Å². The molecule has 1 atom stereocenters. The van der Waals surface area contributed by atoms with E-state index in [4.69, 9.17) is 11.6 Å². The van der Waals surface area contributed by atoms with Crippen LogP contribution in [0.25, 0.3) is 10.8 Å². The van der Waals surface area contributed by atoms with E-state index in [0.29, 0.717) is 0 Å². The van der Waals surface area contributed by atoms with Crippen molar-refractivity contribution in [3.8, 4) is 0 Å². The lowest BCUT2D eigenvalue weighted by Crippen LogP contribution is -2.39. The average Bonchev–Trinajstić information content (AvgIpc) is 3.09. The maximum atomic E-state index is 12.5. The minimum absolute atomic E-state index is 0.137. The molecule has 2 N–H and O–H groups in total. The van der Waals surface area contributed by atoms with E-state index < -0.39 is 0 Å². The number of halogens is 1. The molecule has 0 saturated carbocycles. The van der Waals surface area contributed by atoms with Gasteiger partial charge in [0.1, 0.15) is 0 Å². The molecule has 3 aromatic rings. The van der Waals surface area contributed by atoms with E-state index in [0.717, 1.165) is 53.2 Å². The topological polar surface area (TPSA) is 57.3 Å². The molecule has 5 nitrogen and oxygen atoms in total. The molecule has 0 spiro atoms. The van der Waals surface area contributed by atoms with E-state index in [9.17, 15) is 4.79 Å². The van der Waals surface area contributed by atoms with Crippen LogP contribution in [-0.4, -0.2) is 35.0 Å². The number of anilines is 1. The lowest BCUT2D eigenvalue weighted by Gasteiger charge is -2.17. The molecular formula is C22H23ClN4O. The summed E-state index contributed by atoms with van der Waals surface area (Å²) in [5.74, 6) is 0. The maximum Gasteiger partial charge on any atom is 0.319 e. The van der Waals surface area contributed by atoms with Gasteiger partial charge in [0.2, 0.25) is 0 Å². The lowest BCUT2D eigenvalue weighted by molar-refractivity contribution is 0.247. The highest BCUT2D eigenvalue weighted by molar-refractivity contribution is 6.30. The Labute approximate surface area is 169 Å². The number of pyridine rings is 1. The number of urea groups is 1. The maximum absolute atomic E-state index is 12.5. The SMILES string of the molecule is Cc1cc2c(NC(=O)NC3CCN(Cc4cccc(Cl)c4)C3)cccc2cn1. The van der Waals surface area contributed by atoms with Crippen molar-refractivity contribution in [3.63, 3.8) is 0 Å². The highest BCUT2D eigenvalue weighted by Gasteiger charge is 2.24. The van der Waals surface area contributed by atoms with E-state index in [2.05, 4.69) is 26.6 Å². The van der Waals surface area contributed by atoms with Crippen molar-refractivity contribution in [2.45, 2.75) is 25.9 Å². The molecule has 0 radical (unpaired) electrons. The molecule has 2 aromatic carbocycles. The minimum atomic E-state index is -0.170. The summed E-state index contributed by atoms with van der Waals surface area (Å²) in [4.78, 5) is 19.2. The number of nitrogens with one attached hydrogen (secondary N) is 2. The number of aromatic nitrogens is 1. The van der Waals surface area contributed by atoms with Crippen LogP contribution in [0.4, 0.5) is 10.5 Å². The Morgan fingerprint density at radius 2 is 2.11 bits per heavy atom. The van der Waals surface area contributed by atoms with E-state index in [1.54, 1.807) is 0 Å². The molecule has 1 fully saturated rings. The van der Waals surface area contributed by atoms with Crippen LogP contribution in [0.5, 0.6) is 0 Å². The first-order valence-corrected chi connectivity index (χ1v) is 9.84. The number of hydrogen-bond acceptors (Lipinski definition) is 3. The molecule has 6 heteroatoms. The van der Waals surface area contributed by atoms with Crippen molar-refractivity contribution < 1.29 is 4.79 Å². The number of benzene rings is 2. The van der Waals surface area contributed by atoms with E-state index in [-0.39, 0.29) is 12.1 Å². The summed E-state index contributed by atoms with van der Waals surface area (Å²) < 4.78 is 0. The summed E-state index contributed by atoms with van der Waals surface area (Å²) in [7, 11) is 0. The molecule has 1 saturated heterocycles. The fourth-order valence-electron chi connectivity index (χ4n) is 3.71. The molecule has 28 heavy (non-hydrogen) atoms. The van der Waals surface area contributed by atoms with Crippen LogP contribution in [-0.2, 0) is 6.54 Å². The van der Waals surface area contributed by atoms with Gasteiger partial charge in [0.25, 0.3) is 0 Å². The summed E-state index contributed by atoms with van der Waals surface area (Å²) in [5, 5.41) is 8.86. The number of rotatable bonds is 4. The fourth-order valence-corrected chi connectivity index (χ4v) is 3.93. The van der Waals surface area contributed by atoms with Crippen LogP contribution in [0.15, 0.2) is 54.7 Å². The normalized spacial score (nSPS) is 17.0. The third-order valence-electron chi connectivity index (χ3n) is 5.05. The Morgan fingerprint density at radius 1 is 1.25 bits per heavy atom. The van der Waals surface area contributed by atoms with Gasteiger partial charge in [-0.1, -0.05) is 35.9 Å². The van der Waals surface area contributed by atoms with Gasteiger partial charge in [-0.15, -0.1) is 0 Å². The number of carbonyl (C=O) groups is 1. The molecule has 2 amide bonds. The molecular weight excluding hydrogens is 372 g/mol. The Kier molecular flexibility index (Phi) is 5.46. The predicted molar refractivity (Wildman–Crippen MR) is 114 cm³/mol. The quantitative estimate of drug-likeness (QED) is 0.680. The van der Waals surface area contributed by atoms with Crippen molar-refractivity contribution in [1.29, 1.82) is 0 Å². The Bertz CT molecular complexity index is 1010. The molecule has 1 unspecified atom stereocenters. The second-order valence-corrected chi connectivity index (χ2v) is 7.74. The molecule has 0 bridgehead atoms. The van der Waals surface area contributed by atoms with Crippen LogP contribution in [0.3, 0.4) is 0 Å². The van der Waals surface area contributed by atoms with Crippen LogP contribution in [0.2, 0.25) is 5.02 Å². The average molecular weight is 395 g/mol. The van der Waals surface area contributed by atoms with Crippen molar-refractivity contribution >= 4 is 34.1 Å². The number of nitrogens with zero attached hydrogens (tertiary/aromatic N) is 2. The summed E-state index contributed by atoms with van der Waals surface area (Å²) in [5.41, 5.74) is 2.92. The zero-order chi connectivity index (χ0) is 19.5. The van der Waals surface area contributed by atoms with Crippen LogP contribution >= 0.6 is 11.6 Å². The first kappa shape index (κ1) is 18.7. The first-order chi connectivity index (χ1) is 13.6. The summed E-state index contributed by atoms with van der Waals surface area (Å²) in [6, 6.07) is 15.7. The molecule has 1 aliphatic heterocycles. The first-order valence-electron chi connectivity index (χ1n) is 9.46. The second-order valence-electron chi connectivity index (χ2n) is 7.30. The van der Waals surface area contributed by atoms with Gasteiger partial charge in [-0.05, 0) is 43.2 Å². The summed E-state index contributed by atoms with van der Waals surface area (Å²) in [6.45, 7) is 4.58. The third kappa shape index (κ3) is 4.43. The Hall–Kier alpha value is -2.63. The van der Waals surface area contributed by atoms with Gasteiger partial charge in [-0.2, -0.15) is 0 Å². The van der Waals surface area contributed by atoms with Crippen molar-refractivity contribution in [1.82, 2.24) is 15.2 Å². The number of hydrogen-bond donors (Lipinski definition) is 2. The van der Waals surface area contributed by atoms with Gasteiger partial charge >= 0.3 is 6.03 Å². The molecule has 2 heterocycles. The van der Waals surface area contributed by atoms with Crippen LogP contribution < -0.4 is 10.6 Å². The zero-order valence-corrected chi connectivity index (χ0v) is 16.5. The van der Waals surface area contributed by atoms with Crippen LogP contribution in [0.1, 0.15) is 17.7 Å². The third-order valence-corrected chi connectivity index (χ3v) is 5.29.